The van der Waals surface area contributed by atoms with Crippen molar-refractivity contribution in [1.82, 2.24) is 0 Å². The summed E-state index contributed by atoms with van der Waals surface area (Å²) in [6.45, 7) is 1.63. The molecule has 0 saturated heterocycles. The van der Waals surface area contributed by atoms with Crippen LogP contribution in [0.1, 0.15) is 17.3 Å². The molecule has 8 heteroatoms. The Bertz CT molecular complexity index is 1030. The van der Waals surface area contributed by atoms with Gasteiger partial charge in [0.1, 0.15) is 27.9 Å². The number of esters is 1. The first-order valence-corrected chi connectivity index (χ1v) is 10.0. The lowest BCUT2D eigenvalue weighted by molar-refractivity contribution is -0.118. The zero-order chi connectivity index (χ0) is 21.5. The largest absolute Gasteiger partial charge is 0.497 e. The van der Waals surface area contributed by atoms with E-state index in [1.807, 2.05) is 0 Å². The number of benzene rings is 2. The van der Waals surface area contributed by atoms with Crippen LogP contribution in [0.4, 0.5) is 9.39 Å². The first kappa shape index (κ1) is 21.3. The van der Waals surface area contributed by atoms with Crippen LogP contribution in [0, 0.1) is 5.82 Å². The molecule has 2 aromatic carbocycles. The Morgan fingerprint density at radius 3 is 2.53 bits per heavy atom. The molecule has 0 saturated carbocycles. The highest BCUT2D eigenvalue weighted by Gasteiger charge is 2.23. The molecule has 3 rings (SSSR count). The molecule has 3 aromatic rings. The number of carbonyl (C=O) groups excluding carboxylic acids is 2. The maximum Gasteiger partial charge on any atom is 0.341 e. The molecule has 1 aromatic heterocycles. The molecule has 0 aliphatic carbocycles. The van der Waals surface area contributed by atoms with Gasteiger partial charge in [0.25, 0.3) is 5.91 Å². The molecule has 1 heterocycles. The van der Waals surface area contributed by atoms with E-state index in [1.54, 1.807) is 48.7 Å². The Kier molecular flexibility index (Phi) is 7.03. The topological polar surface area (TPSA) is 73.9 Å². The van der Waals surface area contributed by atoms with Crippen molar-refractivity contribution in [2.45, 2.75) is 6.92 Å². The quantitative estimate of drug-likeness (QED) is 0.523. The lowest BCUT2D eigenvalue weighted by atomic mass is 10.0. The third-order valence-corrected chi connectivity index (χ3v) is 4.99. The second kappa shape index (κ2) is 9.89. The lowest BCUT2D eigenvalue weighted by Crippen LogP contribution is -2.21. The number of anilines is 1. The minimum Gasteiger partial charge on any atom is -0.497 e. The molecular weight excluding hydrogens is 409 g/mol. The third kappa shape index (κ3) is 5.15. The van der Waals surface area contributed by atoms with Gasteiger partial charge in [-0.25, -0.2) is 9.18 Å². The maximum atomic E-state index is 13.3. The Balaban J connectivity index is 1.78. The van der Waals surface area contributed by atoms with E-state index in [0.717, 1.165) is 0 Å². The van der Waals surface area contributed by atoms with Gasteiger partial charge < -0.3 is 19.5 Å². The van der Waals surface area contributed by atoms with Crippen LogP contribution in [0.25, 0.3) is 11.1 Å². The van der Waals surface area contributed by atoms with Crippen LogP contribution < -0.4 is 14.8 Å². The van der Waals surface area contributed by atoms with Gasteiger partial charge in [0.15, 0.2) is 6.61 Å². The van der Waals surface area contributed by atoms with Crippen molar-refractivity contribution in [1.29, 1.82) is 0 Å². The van der Waals surface area contributed by atoms with Gasteiger partial charge in [-0.15, -0.1) is 11.3 Å². The predicted octanol–water partition coefficient (Wildman–Crippen LogP) is 4.76. The van der Waals surface area contributed by atoms with E-state index in [0.29, 0.717) is 27.6 Å². The second-order valence-corrected chi connectivity index (χ2v) is 6.98. The lowest BCUT2D eigenvalue weighted by Gasteiger charge is -2.10. The van der Waals surface area contributed by atoms with Crippen LogP contribution in [0.3, 0.4) is 0 Å². The minimum atomic E-state index is -0.568. The molecule has 1 amide bonds. The molecule has 0 radical (unpaired) electrons. The first-order chi connectivity index (χ1) is 14.5. The molecule has 0 unspecified atom stereocenters. The fourth-order valence-electron chi connectivity index (χ4n) is 2.70. The molecule has 6 nitrogen and oxygen atoms in total. The number of amides is 1. The third-order valence-electron chi connectivity index (χ3n) is 4.09. The maximum absolute atomic E-state index is 13.3. The first-order valence-electron chi connectivity index (χ1n) is 9.13. The summed E-state index contributed by atoms with van der Waals surface area (Å²) < 4.78 is 29.0. The van der Waals surface area contributed by atoms with Crippen LogP contribution in [-0.4, -0.2) is 32.2 Å². The van der Waals surface area contributed by atoms with E-state index in [2.05, 4.69) is 5.32 Å². The molecule has 1 N–H and O–H groups in total. The van der Waals surface area contributed by atoms with Crippen molar-refractivity contribution in [3.05, 3.63) is 65.3 Å². The Labute approximate surface area is 177 Å². The summed E-state index contributed by atoms with van der Waals surface area (Å²) >= 11 is 1.18. The summed E-state index contributed by atoms with van der Waals surface area (Å²) in [5, 5.41) is 4.76. The zero-order valence-corrected chi connectivity index (χ0v) is 17.3. The predicted molar refractivity (Wildman–Crippen MR) is 113 cm³/mol. The van der Waals surface area contributed by atoms with Crippen LogP contribution in [0.15, 0.2) is 53.9 Å². The average molecular weight is 429 g/mol. The molecule has 0 fully saturated rings. The fourth-order valence-corrected chi connectivity index (χ4v) is 3.67. The molecule has 0 spiro atoms. The minimum absolute atomic E-state index is 0.184. The van der Waals surface area contributed by atoms with Crippen LogP contribution in [0.2, 0.25) is 0 Å². The van der Waals surface area contributed by atoms with E-state index < -0.39 is 11.9 Å². The van der Waals surface area contributed by atoms with Crippen LogP contribution in [0.5, 0.6) is 11.5 Å². The Morgan fingerprint density at radius 2 is 1.83 bits per heavy atom. The highest BCUT2D eigenvalue weighted by Crippen LogP contribution is 2.36. The summed E-state index contributed by atoms with van der Waals surface area (Å²) in [7, 11) is 1.54. The number of nitrogens with one attached hydrogen (secondary N) is 1. The Hall–Kier alpha value is -3.39. The van der Waals surface area contributed by atoms with Gasteiger partial charge in [0, 0.05) is 17.0 Å². The number of halogens is 1. The summed E-state index contributed by atoms with van der Waals surface area (Å²) in [6, 6.07) is 12.6. The van der Waals surface area contributed by atoms with Crippen molar-refractivity contribution in [2.75, 3.05) is 25.6 Å². The van der Waals surface area contributed by atoms with Gasteiger partial charge in [-0.2, -0.15) is 0 Å². The van der Waals surface area contributed by atoms with Crippen LogP contribution in [-0.2, 0) is 9.53 Å². The number of ether oxygens (including phenoxy) is 3. The Morgan fingerprint density at radius 1 is 1.10 bits per heavy atom. The number of rotatable bonds is 8. The van der Waals surface area contributed by atoms with Crippen molar-refractivity contribution in [2.24, 2.45) is 0 Å². The van der Waals surface area contributed by atoms with Gasteiger partial charge in [-0.05, 0) is 36.8 Å². The van der Waals surface area contributed by atoms with Crippen molar-refractivity contribution in [3.8, 4) is 22.6 Å². The molecule has 0 bridgehead atoms. The van der Waals surface area contributed by atoms with Crippen molar-refractivity contribution >= 4 is 28.2 Å². The average Bonchev–Trinajstić information content (AvgIpc) is 3.16. The number of thiophene rings is 1. The monoisotopic (exact) mass is 429 g/mol. The number of methoxy groups -OCH3 is 1. The van der Waals surface area contributed by atoms with Crippen molar-refractivity contribution < 1.29 is 28.2 Å². The van der Waals surface area contributed by atoms with E-state index in [4.69, 9.17) is 14.2 Å². The van der Waals surface area contributed by atoms with E-state index in [1.165, 1.54) is 30.6 Å². The fraction of sp³-hybridized carbons (Fsp3) is 0.182. The van der Waals surface area contributed by atoms with E-state index >= 15 is 0 Å². The van der Waals surface area contributed by atoms with Crippen molar-refractivity contribution in [3.63, 3.8) is 0 Å². The van der Waals surface area contributed by atoms with E-state index in [-0.39, 0.29) is 24.6 Å². The number of hydrogen-bond donors (Lipinski definition) is 1. The molecule has 0 atom stereocenters. The molecule has 0 aliphatic rings. The van der Waals surface area contributed by atoms with Gasteiger partial charge in [-0.3, -0.25) is 4.79 Å². The molecule has 156 valence electrons. The highest BCUT2D eigenvalue weighted by molar-refractivity contribution is 7.15. The van der Waals surface area contributed by atoms with E-state index in [9.17, 15) is 14.0 Å². The zero-order valence-electron chi connectivity index (χ0n) is 16.4. The summed E-state index contributed by atoms with van der Waals surface area (Å²) in [4.78, 5) is 24.9. The SMILES string of the molecule is CCOC(=O)c1c(-c2ccc(F)cc2)csc1NC(=O)COc1cccc(OC)c1. The second-order valence-electron chi connectivity index (χ2n) is 6.10. The summed E-state index contributed by atoms with van der Waals surface area (Å²) in [6.07, 6.45) is 0. The van der Waals surface area contributed by atoms with Gasteiger partial charge >= 0.3 is 5.97 Å². The molecule has 0 aliphatic heterocycles. The number of hydrogen-bond acceptors (Lipinski definition) is 6. The molecular formula is C22H20FNO5S. The standard InChI is InChI=1S/C22H20FNO5S/c1-3-28-22(26)20-18(14-7-9-15(23)10-8-14)13-30-21(20)24-19(25)12-29-17-6-4-5-16(11-17)27-2/h4-11,13H,3,12H2,1-2H3,(H,24,25). The normalized spacial score (nSPS) is 10.4. The van der Waals surface area contributed by atoms with Gasteiger partial charge in [-0.1, -0.05) is 18.2 Å². The van der Waals surface area contributed by atoms with Crippen LogP contribution >= 0.6 is 11.3 Å². The van der Waals surface area contributed by atoms with Gasteiger partial charge in [0.05, 0.1) is 13.7 Å². The summed E-state index contributed by atoms with van der Waals surface area (Å²) in [5.74, 6) is -0.291. The smallest absolute Gasteiger partial charge is 0.341 e. The molecule has 30 heavy (non-hydrogen) atoms. The van der Waals surface area contributed by atoms with Gasteiger partial charge in [0.2, 0.25) is 0 Å². The number of carbonyl (C=O) groups is 2. The summed E-state index contributed by atoms with van der Waals surface area (Å²) in [5.41, 5.74) is 1.43. The highest BCUT2D eigenvalue weighted by atomic mass is 32.1.